The van der Waals surface area contributed by atoms with Crippen molar-refractivity contribution in [1.82, 2.24) is 4.31 Å². The first kappa shape index (κ1) is 28.4. The summed E-state index contributed by atoms with van der Waals surface area (Å²) in [5, 5.41) is 9.46. The average molecular weight is 564 g/mol. The van der Waals surface area contributed by atoms with Gasteiger partial charge in [0.05, 0.1) is 4.90 Å². The lowest BCUT2D eigenvalue weighted by Gasteiger charge is -2.33. The van der Waals surface area contributed by atoms with Gasteiger partial charge in [0.2, 0.25) is 10.0 Å². The molecule has 0 spiro atoms. The molecule has 1 heterocycles. The third-order valence-electron chi connectivity index (χ3n) is 6.41. The first-order valence-corrected chi connectivity index (χ1v) is 13.6. The van der Waals surface area contributed by atoms with Crippen molar-refractivity contribution in [2.24, 2.45) is 0 Å². The number of carboxylic acid groups (broad SMARTS) is 1. The summed E-state index contributed by atoms with van der Waals surface area (Å²) in [6.45, 7) is 4.78. The van der Waals surface area contributed by atoms with Crippen molar-refractivity contribution >= 4 is 16.0 Å². The number of benzene rings is 3. The fraction of sp³-hybridized carbons (Fsp3) is 0.321. The van der Waals surface area contributed by atoms with Crippen molar-refractivity contribution < 1.29 is 41.0 Å². The molecule has 0 radical (unpaired) electrons. The molecule has 0 unspecified atom stereocenters. The van der Waals surface area contributed by atoms with Gasteiger partial charge in [-0.05, 0) is 91.8 Å². The molecule has 3 aromatic rings. The number of fused-ring (bicyclic) bond motifs is 1. The number of ether oxygens (including phenoxy) is 2. The third-order valence-corrected chi connectivity index (χ3v) is 8.20. The molecule has 0 fully saturated rings. The second kappa shape index (κ2) is 10.5. The van der Waals surface area contributed by atoms with Gasteiger partial charge in [-0.25, -0.2) is 8.42 Å². The lowest BCUT2D eigenvalue weighted by atomic mass is 9.94. The molecule has 11 heteroatoms. The van der Waals surface area contributed by atoms with Crippen LogP contribution in [0.25, 0.3) is 11.1 Å². The first-order chi connectivity index (χ1) is 18.1. The molecule has 1 aliphatic rings. The SMILES string of the molecule is Cc1cc(CN(CC(=O)O)S(=O)(=O)c2ccc3c(c2)CCC(C)(C)O3)ccc1-c1ccc(OC(F)(F)F)cc1. The van der Waals surface area contributed by atoms with Crippen LogP contribution < -0.4 is 9.47 Å². The zero-order chi connectivity index (χ0) is 28.6. The summed E-state index contributed by atoms with van der Waals surface area (Å²) in [5.74, 6) is -1.03. The molecule has 4 rings (SSSR count). The van der Waals surface area contributed by atoms with E-state index < -0.39 is 28.9 Å². The van der Waals surface area contributed by atoms with E-state index in [-0.39, 0.29) is 22.8 Å². The van der Waals surface area contributed by atoms with Crippen LogP contribution in [0.15, 0.2) is 65.6 Å². The van der Waals surface area contributed by atoms with Crippen LogP contribution in [0, 0.1) is 6.92 Å². The van der Waals surface area contributed by atoms with Crippen molar-refractivity contribution in [3.8, 4) is 22.6 Å². The summed E-state index contributed by atoms with van der Waals surface area (Å²) in [4.78, 5) is 11.6. The van der Waals surface area contributed by atoms with E-state index in [0.717, 1.165) is 21.0 Å². The highest BCUT2D eigenvalue weighted by Crippen LogP contribution is 2.35. The molecular formula is C28H28F3NO6S. The van der Waals surface area contributed by atoms with Gasteiger partial charge in [-0.15, -0.1) is 13.2 Å². The second-order valence-electron chi connectivity index (χ2n) is 10.0. The number of aliphatic carboxylic acids is 1. The Labute approximate surface area is 224 Å². The zero-order valence-electron chi connectivity index (χ0n) is 21.6. The van der Waals surface area contributed by atoms with Gasteiger partial charge in [-0.2, -0.15) is 4.31 Å². The minimum absolute atomic E-state index is 0.0136. The molecule has 0 bridgehead atoms. The van der Waals surface area contributed by atoms with Crippen molar-refractivity contribution in [3.63, 3.8) is 0 Å². The Morgan fingerprint density at radius 3 is 2.38 bits per heavy atom. The quantitative estimate of drug-likeness (QED) is 0.365. The number of carboxylic acids is 1. The van der Waals surface area contributed by atoms with E-state index in [4.69, 9.17) is 4.74 Å². The normalized spacial score (nSPS) is 14.9. The lowest BCUT2D eigenvalue weighted by molar-refractivity contribution is -0.274. The monoisotopic (exact) mass is 563 g/mol. The van der Waals surface area contributed by atoms with Crippen LogP contribution in [0.5, 0.6) is 11.5 Å². The standard InChI is InChI=1S/C28H28F3NO6S/c1-18-14-19(4-10-24(18)20-5-7-22(8-6-20)37-28(29,30)31)16-32(17-26(33)34)39(35,36)23-9-11-25-21(15-23)12-13-27(2,3)38-25/h4-11,14-15H,12-13,16-17H2,1-3H3,(H,33,34). The molecule has 0 saturated carbocycles. The molecule has 7 nitrogen and oxygen atoms in total. The maximum atomic E-state index is 13.5. The van der Waals surface area contributed by atoms with Crippen LogP contribution in [0.2, 0.25) is 0 Å². The predicted molar refractivity (Wildman–Crippen MR) is 138 cm³/mol. The van der Waals surface area contributed by atoms with Gasteiger partial charge < -0.3 is 14.6 Å². The Bertz CT molecular complexity index is 1480. The van der Waals surface area contributed by atoms with Crippen LogP contribution in [-0.4, -0.2) is 42.3 Å². The van der Waals surface area contributed by atoms with E-state index in [1.807, 2.05) is 13.8 Å². The number of sulfonamides is 1. The van der Waals surface area contributed by atoms with E-state index in [9.17, 15) is 31.5 Å². The molecule has 0 saturated heterocycles. The Hall–Kier alpha value is -3.57. The minimum atomic E-state index is -4.79. The van der Waals surface area contributed by atoms with Gasteiger partial charge in [0.1, 0.15) is 23.6 Å². The van der Waals surface area contributed by atoms with Gasteiger partial charge in [-0.3, -0.25) is 4.79 Å². The largest absolute Gasteiger partial charge is 0.573 e. The third kappa shape index (κ3) is 6.90. The van der Waals surface area contributed by atoms with Gasteiger partial charge >= 0.3 is 12.3 Å². The highest BCUT2D eigenvalue weighted by molar-refractivity contribution is 7.89. The van der Waals surface area contributed by atoms with E-state index in [2.05, 4.69) is 4.74 Å². The molecule has 39 heavy (non-hydrogen) atoms. The second-order valence-corrected chi connectivity index (χ2v) is 12.0. The number of nitrogens with zero attached hydrogens (tertiary/aromatic N) is 1. The topological polar surface area (TPSA) is 93.1 Å². The molecule has 3 aromatic carbocycles. The summed E-state index contributed by atoms with van der Waals surface area (Å²) in [6.07, 6.45) is -3.44. The van der Waals surface area contributed by atoms with Crippen molar-refractivity contribution in [2.45, 2.75) is 57.0 Å². The number of hydrogen-bond donors (Lipinski definition) is 1. The fourth-order valence-corrected chi connectivity index (χ4v) is 5.94. The molecule has 0 aromatic heterocycles. The van der Waals surface area contributed by atoms with Crippen LogP contribution in [0.3, 0.4) is 0 Å². The molecule has 208 valence electrons. The number of halogens is 3. The Morgan fingerprint density at radius 2 is 1.77 bits per heavy atom. The molecule has 0 amide bonds. The molecule has 0 atom stereocenters. The maximum absolute atomic E-state index is 13.5. The van der Waals surface area contributed by atoms with Gasteiger partial charge in [0, 0.05) is 6.54 Å². The average Bonchev–Trinajstić information content (AvgIpc) is 2.82. The van der Waals surface area contributed by atoms with Crippen LogP contribution in [-0.2, 0) is 27.8 Å². The number of alkyl halides is 3. The Balaban J connectivity index is 1.58. The number of hydrogen-bond acceptors (Lipinski definition) is 5. The summed E-state index contributed by atoms with van der Waals surface area (Å²) in [5.41, 5.74) is 3.05. The maximum Gasteiger partial charge on any atom is 0.573 e. The highest BCUT2D eigenvalue weighted by Gasteiger charge is 2.32. The smallest absolute Gasteiger partial charge is 0.488 e. The van der Waals surface area contributed by atoms with E-state index in [1.165, 1.54) is 36.4 Å². The molecule has 0 aliphatic carbocycles. The number of carbonyl (C=O) groups is 1. The van der Waals surface area contributed by atoms with E-state index in [1.54, 1.807) is 31.2 Å². The van der Waals surface area contributed by atoms with Crippen molar-refractivity contribution in [2.75, 3.05) is 6.54 Å². The van der Waals surface area contributed by atoms with E-state index >= 15 is 0 Å². The van der Waals surface area contributed by atoms with E-state index in [0.29, 0.717) is 29.7 Å². The number of rotatable bonds is 8. The lowest BCUT2D eigenvalue weighted by Crippen LogP contribution is -2.36. The molecular weight excluding hydrogens is 535 g/mol. The first-order valence-electron chi connectivity index (χ1n) is 12.1. The minimum Gasteiger partial charge on any atom is -0.488 e. The van der Waals surface area contributed by atoms with Gasteiger partial charge in [0.15, 0.2) is 0 Å². The van der Waals surface area contributed by atoms with Gasteiger partial charge in [-0.1, -0.05) is 30.3 Å². The summed E-state index contributed by atoms with van der Waals surface area (Å²) < 4.78 is 75.1. The predicted octanol–water partition coefficient (Wildman–Crippen LogP) is 5.94. The Morgan fingerprint density at radius 1 is 1.08 bits per heavy atom. The molecule has 1 aliphatic heterocycles. The molecule has 1 N–H and O–H groups in total. The zero-order valence-corrected chi connectivity index (χ0v) is 22.4. The van der Waals surface area contributed by atoms with Crippen LogP contribution in [0.4, 0.5) is 13.2 Å². The van der Waals surface area contributed by atoms with Crippen molar-refractivity contribution in [1.29, 1.82) is 0 Å². The Kier molecular flexibility index (Phi) is 7.68. The number of aryl methyl sites for hydroxylation is 2. The fourth-order valence-electron chi connectivity index (χ4n) is 4.51. The summed E-state index contributed by atoms with van der Waals surface area (Å²) in [7, 11) is -4.16. The highest BCUT2D eigenvalue weighted by atomic mass is 32.2. The van der Waals surface area contributed by atoms with Crippen LogP contribution in [0.1, 0.15) is 37.0 Å². The summed E-state index contributed by atoms with van der Waals surface area (Å²) >= 11 is 0. The van der Waals surface area contributed by atoms with Crippen molar-refractivity contribution in [3.05, 3.63) is 77.4 Å². The van der Waals surface area contributed by atoms with Gasteiger partial charge in [0.25, 0.3) is 0 Å². The van der Waals surface area contributed by atoms with Crippen LogP contribution >= 0.6 is 0 Å². The summed E-state index contributed by atoms with van der Waals surface area (Å²) in [6, 6.07) is 15.1.